The van der Waals surface area contributed by atoms with E-state index in [9.17, 15) is 14.7 Å². The highest BCUT2D eigenvalue weighted by molar-refractivity contribution is 6.39. The molecule has 0 bridgehead atoms. The lowest BCUT2D eigenvalue weighted by Crippen LogP contribution is -2.47. The van der Waals surface area contributed by atoms with E-state index in [0.29, 0.717) is 5.69 Å². The number of aliphatic hydroxyl groups excluding tert-OH is 1. The maximum Gasteiger partial charge on any atom is 0.313 e. The number of benzene rings is 1. The number of aliphatic hydroxyl groups is 1. The van der Waals surface area contributed by atoms with Gasteiger partial charge in [-0.25, -0.2) is 0 Å². The smallest absolute Gasteiger partial charge is 0.313 e. The highest BCUT2D eigenvalue weighted by Crippen LogP contribution is 2.24. The van der Waals surface area contributed by atoms with E-state index in [1.807, 2.05) is 32.0 Å². The summed E-state index contributed by atoms with van der Waals surface area (Å²) in [6.45, 7) is 3.93. The Balaban J connectivity index is 1.95. The minimum Gasteiger partial charge on any atom is -0.396 e. The van der Waals surface area contributed by atoms with Crippen LogP contribution in [0.1, 0.15) is 36.8 Å². The van der Waals surface area contributed by atoms with Crippen molar-refractivity contribution < 1.29 is 14.7 Å². The van der Waals surface area contributed by atoms with Crippen molar-refractivity contribution in [1.29, 1.82) is 0 Å². The average Bonchev–Trinajstić information content (AvgIpc) is 2.46. The maximum atomic E-state index is 12.0. The molecule has 0 heterocycles. The van der Waals surface area contributed by atoms with Gasteiger partial charge in [0.25, 0.3) is 0 Å². The quantitative estimate of drug-likeness (QED) is 0.746. The van der Waals surface area contributed by atoms with E-state index in [4.69, 9.17) is 0 Å². The molecule has 2 rings (SSSR count). The van der Waals surface area contributed by atoms with Crippen LogP contribution in [0.25, 0.3) is 0 Å². The summed E-state index contributed by atoms with van der Waals surface area (Å²) in [6.07, 6.45) is 3.78. The van der Waals surface area contributed by atoms with E-state index in [1.54, 1.807) is 0 Å². The summed E-state index contributed by atoms with van der Waals surface area (Å²) in [7, 11) is 0. The van der Waals surface area contributed by atoms with Crippen LogP contribution in [0.3, 0.4) is 0 Å². The molecule has 5 heteroatoms. The van der Waals surface area contributed by atoms with Crippen LogP contribution in [-0.2, 0) is 9.59 Å². The van der Waals surface area contributed by atoms with Crippen LogP contribution in [0.15, 0.2) is 18.2 Å². The largest absolute Gasteiger partial charge is 0.396 e. The second-order valence-electron chi connectivity index (χ2n) is 6.14. The summed E-state index contributed by atoms with van der Waals surface area (Å²) >= 11 is 0. The van der Waals surface area contributed by atoms with Gasteiger partial charge in [0.1, 0.15) is 0 Å². The van der Waals surface area contributed by atoms with E-state index >= 15 is 0 Å². The van der Waals surface area contributed by atoms with Gasteiger partial charge in [-0.05, 0) is 49.9 Å². The fourth-order valence-corrected chi connectivity index (χ4v) is 3.08. The Bertz CT molecular complexity index is 537. The molecular weight excluding hydrogens is 280 g/mol. The normalized spacial score (nSPS) is 21.2. The van der Waals surface area contributed by atoms with Gasteiger partial charge >= 0.3 is 11.8 Å². The summed E-state index contributed by atoms with van der Waals surface area (Å²) < 4.78 is 0. The highest BCUT2D eigenvalue weighted by Gasteiger charge is 2.27. The minimum absolute atomic E-state index is 0.0453. The number of carbonyl (C=O) groups excluding carboxylic acids is 2. The van der Waals surface area contributed by atoms with Crippen molar-refractivity contribution in [2.45, 2.75) is 45.6 Å². The fourth-order valence-electron chi connectivity index (χ4n) is 3.08. The third-order valence-electron chi connectivity index (χ3n) is 4.15. The molecule has 1 aliphatic carbocycles. The van der Waals surface area contributed by atoms with Crippen molar-refractivity contribution in [1.82, 2.24) is 5.32 Å². The molecule has 5 nitrogen and oxygen atoms in total. The Morgan fingerprint density at radius 1 is 1.09 bits per heavy atom. The standard InChI is InChI=1S/C17H24N2O3/c1-11-7-12(2)9-14(8-11)18-16(21)17(22)19-15-6-4-3-5-13(15)10-20/h7-9,13,15,20H,3-6,10H2,1-2H3,(H,18,21)(H,19,22). The predicted octanol–water partition coefficient (Wildman–Crippen LogP) is 1.91. The lowest BCUT2D eigenvalue weighted by Gasteiger charge is -2.30. The van der Waals surface area contributed by atoms with Crippen molar-refractivity contribution in [2.24, 2.45) is 5.92 Å². The van der Waals surface area contributed by atoms with E-state index in [1.165, 1.54) is 0 Å². The van der Waals surface area contributed by atoms with Crippen molar-refractivity contribution in [2.75, 3.05) is 11.9 Å². The monoisotopic (exact) mass is 304 g/mol. The summed E-state index contributed by atoms with van der Waals surface area (Å²) in [4.78, 5) is 24.1. The number of carbonyl (C=O) groups is 2. The minimum atomic E-state index is -0.660. The predicted molar refractivity (Wildman–Crippen MR) is 85.5 cm³/mol. The highest BCUT2D eigenvalue weighted by atomic mass is 16.3. The van der Waals surface area contributed by atoms with E-state index in [-0.39, 0.29) is 18.6 Å². The summed E-state index contributed by atoms with van der Waals surface area (Å²) in [5.41, 5.74) is 2.69. The summed E-state index contributed by atoms with van der Waals surface area (Å²) in [5.74, 6) is -1.25. The first kappa shape index (κ1) is 16.5. The van der Waals surface area contributed by atoms with Gasteiger partial charge in [-0.3, -0.25) is 9.59 Å². The van der Waals surface area contributed by atoms with Crippen molar-refractivity contribution in [3.63, 3.8) is 0 Å². The molecule has 1 saturated carbocycles. The van der Waals surface area contributed by atoms with Gasteiger partial charge < -0.3 is 15.7 Å². The number of aryl methyl sites for hydroxylation is 2. The second-order valence-corrected chi connectivity index (χ2v) is 6.14. The third kappa shape index (κ3) is 4.31. The Kier molecular flexibility index (Phi) is 5.55. The van der Waals surface area contributed by atoms with Gasteiger partial charge in [-0.1, -0.05) is 18.9 Å². The fraction of sp³-hybridized carbons (Fsp3) is 0.529. The third-order valence-corrected chi connectivity index (χ3v) is 4.15. The Labute approximate surface area is 131 Å². The summed E-state index contributed by atoms with van der Waals surface area (Å²) in [6, 6.07) is 5.55. The summed E-state index contributed by atoms with van der Waals surface area (Å²) in [5, 5.41) is 14.7. The molecule has 1 fully saturated rings. The molecule has 2 amide bonds. The number of rotatable bonds is 3. The van der Waals surface area contributed by atoms with Gasteiger partial charge in [0, 0.05) is 24.3 Å². The Morgan fingerprint density at radius 2 is 1.73 bits per heavy atom. The maximum absolute atomic E-state index is 12.0. The molecule has 0 aromatic heterocycles. The van der Waals surface area contributed by atoms with Gasteiger partial charge in [0.2, 0.25) is 0 Å². The zero-order valence-electron chi connectivity index (χ0n) is 13.2. The number of amides is 2. The van der Waals surface area contributed by atoms with Gasteiger partial charge in [-0.2, -0.15) is 0 Å². The van der Waals surface area contributed by atoms with Crippen LogP contribution in [-0.4, -0.2) is 29.6 Å². The van der Waals surface area contributed by atoms with Gasteiger partial charge in [0.05, 0.1) is 0 Å². The molecular formula is C17H24N2O3. The molecule has 0 spiro atoms. The van der Waals surface area contributed by atoms with Crippen molar-refractivity contribution in [3.05, 3.63) is 29.3 Å². The first-order valence-electron chi connectivity index (χ1n) is 7.80. The number of anilines is 1. The van der Waals surface area contributed by atoms with Crippen LogP contribution in [0.4, 0.5) is 5.69 Å². The zero-order chi connectivity index (χ0) is 16.1. The van der Waals surface area contributed by atoms with Gasteiger partial charge in [0.15, 0.2) is 0 Å². The van der Waals surface area contributed by atoms with E-state index in [0.717, 1.165) is 36.8 Å². The molecule has 120 valence electrons. The molecule has 3 N–H and O–H groups in total. The van der Waals surface area contributed by atoms with E-state index < -0.39 is 11.8 Å². The molecule has 22 heavy (non-hydrogen) atoms. The van der Waals surface area contributed by atoms with E-state index in [2.05, 4.69) is 10.6 Å². The van der Waals surface area contributed by atoms with Crippen LogP contribution < -0.4 is 10.6 Å². The van der Waals surface area contributed by atoms with Crippen LogP contribution in [0.5, 0.6) is 0 Å². The molecule has 0 saturated heterocycles. The molecule has 1 aromatic rings. The number of nitrogens with one attached hydrogen (secondary N) is 2. The lowest BCUT2D eigenvalue weighted by atomic mass is 9.85. The molecule has 1 aromatic carbocycles. The van der Waals surface area contributed by atoms with Crippen molar-refractivity contribution >= 4 is 17.5 Å². The molecule has 2 atom stereocenters. The second kappa shape index (κ2) is 7.40. The molecule has 2 unspecified atom stereocenters. The van der Waals surface area contributed by atoms with Crippen LogP contribution in [0.2, 0.25) is 0 Å². The zero-order valence-corrected chi connectivity index (χ0v) is 13.2. The SMILES string of the molecule is Cc1cc(C)cc(NC(=O)C(=O)NC2CCCCC2CO)c1. The Hall–Kier alpha value is -1.88. The molecule has 0 aliphatic heterocycles. The average molecular weight is 304 g/mol. The van der Waals surface area contributed by atoms with Gasteiger partial charge in [-0.15, -0.1) is 0 Å². The first-order chi connectivity index (χ1) is 10.5. The van der Waals surface area contributed by atoms with Crippen molar-refractivity contribution in [3.8, 4) is 0 Å². The first-order valence-corrected chi connectivity index (χ1v) is 7.80. The number of hydrogen-bond donors (Lipinski definition) is 3. The molecule has 0 radical (unpaired) electrons. The number of hydrogen-bond acceptors (Lipinski definition) is 3. The Morgan fingerprint density at radius 3 is 2.36 bits per heavy atom. The van der Waals surface area contributed by atoms with Crippen LogP contribution in [0, 0.1) is 19.8 Å². The van der Waals surface area contributed by atoms with Crippen LogP contribution >= 0.6 is 0 Å². The lowest BCUT2D eigenvalue weighted by molar-refractivity contribution is -0.137. The topological polar surface area (TPSA) is 78.4 Å². The molecule has 1 aliphatic rings.